The molecule has 2 fully saturated rings. The van der Waals surface area contributed by atoms with E-state index in [1.54, 1.807) is 4.90 Å². The van der Waals surface area contributed by atoms with Crippen molar-refractivity contribution in [1.29, 1.82) is 0 Å². The SMILES string of the molecule is C=CC(=O)N1CC(NC(=O)Cn2cc(C(=O)CCCN3CCN(C)CC3)c3cc(Br)ccc32)C1. The fraction of sp³-hybridized carbons (Fsp3) is 0.480. The summed E-state index contributed by atoms with van der Waals surface area (Å²) in [7, 11) is 2.14. The zero-order chi connectivity index (χ0) is 24.2. The van der Waals surface area contributed by atoms with Gasteiger partial charge in [-0.25, -0.2) is 0 Å². The molecule has 2 aromatic rings. The normalized spacial score (nSPS) is 17.5. The first-order valence-corrected chi connectivity index (χ1v) is 12.6. The molecule has 4 rings (SSSR count). The first-order chi connectivity index (χ1) is 16.3. The van der Waals surface area contributed by atoms with Crippen molar-refractivity contribution in [3.8, 4) is 0 Å². The molecule has 182 valence electrons. The molecule has 0 radical (unpaired) electrons. The van der Waals surface area contributed by atoms with Gasteiger partial charge in [-0.05, 0) is 44.3 Å². The highest BCUT2D eigenvalue weighted by Gasteiger charge is 2.30. The highest BCUT2D eigenvalue weighted by molar-refractivity contribution is 9.10. The first kappa shape index (κ1) is 24.6. The van der Waals surface area contributed by atoms with Crippen molar-refractivity contribution in [3.63, 3.8) is 0 Å². The maximum atomic E-state index is 13.1. The highest BCUT2D eigenvalue weighted by Crippen LogP contribution is 2.27. The molecular formula is C25H32BrN5O3. The molecule has 0 saturated carbocycles. The average molecular weight is 530 g/mol. The topological polar surface area (TPSA) is 77.9 Å². The lowest BCUT2D eigenvalue weighted by Crippen LogP contribution is -2.61. The Morgan fingerprint density at radius 2 is 1.91 bits per heavy atom. The summed E-state index contributed by atoms with van der Waals surface area (Å²) in [5.74, 6) is -0.151. The van der Waals surface area contributed by atoms with E-state index in [0.717, 1.165) is 54.5 Å². The van der Waals surface area contributed by atoms with E-state index in [4.69, 9.17) is 0 Å². The van der Waals surface area contributed by atoms with Gasteiger partial charge >= 0.3 is 0 Å². The van der Waals surface area contributed by atoms with Crippen molar-refractivity contribution in [2.45, 2.75) is 25.4 Å². The third kappa shape index (κ3) is 5.76. The molecule has 1 N–H and O–H groups in total. The van der Waals surface area contributed by atoms with Gasteiger partial charge in [0.2, 0.25) is 11.8 Å². The Morgan fingerprint density at radius 3 is 2.62 bits per heavy atom. The maximum Gasteiger partial charge on any atom is 0.246 e. The predicted molar refractivity (Wildman–Crippen MR) is 136 cm³/mol. The number of halogens is 1. The van der Waals surface area contributed by atoms with Gasteiger partial charge in [0, 0.05) is 72.8 Å². The molecule has 2 amide bonds. The lowest BCUT2D eigenvalue weighted by Gasteiger charge is -2.38. The summed E-state index contributed by atoms with van der Waals surface area (Å²) in [6.45, 7) is 9.76. The molecular weight excluding hydrogens is 498 g/mol. The number of benzene rings is 1. The second-order valence-electron chi connectivity index (χ2n) is 9.22. The van der Waals surface area contributed by atoms with Crippen LogP contribution in [0.5, 0.6) is 0 Å². The van der Waals surface area contributed by atoms with Gasteiger partial charge in [-0.2, -0.15) is 0 Å². The van der Waals surface area contributed by atoms with Crippen LogP contribution >= 0.6 is 15.9 Å². The number of nitrogens with one attached hydrogen (secondary N) is 1. The Bertz CT molecular complexity index is 1080. The molecule has 0 unspecified atom stereocenters. The number of aromatic nitrogens is 1. The molecule has 0 atom stereocenters. The Balaban J connectivity index is 1.37. The van der Waals surface area contributed by atoms with Gasteiger partial charge in [-0.15, -0.1) is 0 Å². The van der Waals surface area contributed by atoms with Gasteiger partial charge in [-0.1, -0.05) is 22.5 Å². The smallest absolute Gasteiger partial charge is 0.246 e. The monoisotopic (exact) mass is 529 g/mol. The van der Waals surface area contributed by atoms with E-state index < -0.39 is 0 Å². The molecule has 34 heavy (non-hydrogen) atoms. The molecule has 0 spiro atoms. The quantitative estimate of drug-likeness (QED) is 0.397. The van der Waals surface area contributed by atoms with E-state index >= 15 is 0 Å². The fourth-order valence-electron chi connectivity index (χ4n) is 4.60. The Labute approximate surface area is 208 Å². The van der Waals surface area contributed by atoms with Gasteiger partial charge < -0.3 is 24.6 Å². The van der Waals surface area contributed by atoms with Crippen LogP contribution in [0.15, 0.2) is 41.5 Å². The predicted octanol–water partition coefficient (Wildman–Crippen LogP) is 2.13. The fourth-order valence-corrected chi connectivity index (χ4v) is 4.96. The van der Waals surface area contributed by atoms with Crippen LogP contribution in [0.1, 0.15) is 23.2 Å². The number of hydrogen-bond acceptors (Lipinski definition) is 5. The molecule has 1 aromatic heterocycles. The van der Waals surface area contributed by atoms with Gasteiger partial charge in [0.15, 0.2) is 5.78 Å². The number of carbonyl (C=O) groups is 3. The summed E-state index contributed by atoms with van der Waals surface area (Å²) in [5, 5.41) is 3.83. The van der Waals surface area contributed by atoms with E-state index in [9.17, 15) is 14.4 Å². The van der Waals surface area contributed by atoms with E-state index in [2.05, 4.69) is 44.7 Å². The van der Waals surface area contributed by atoms with Crippen LogP contribution in [0.4, 0.5) is 0 Å². The minimum absolute atomic E-state index is 0.0527. The van der Waals surface area contributed by atoms with E-state index in [1.165, 1.54) is 6.08 Å². The average Bonchev–Trinajstić information content (AvgIpc) is 3.14. The zero-order valence-corrected chi connectivity index (χ0v) is 21.2. The van der Waals surface area contributed by atoms with E-state index in [0.29, 0.717) is 25.1 Å². The Kier molecular flexibility index (Phi) is 7.85. The Morgan fingerprint density at radius 1 is 1.18 bits per heavy atom. The summed E-state index contributed by atoms with van der Waals surface area (Å²) in [6, 6.07) is 5.75. The molecule has 0 aliphatic carbocycles. The van der Waals surface area contributed by atoms with Crippen LogP contribution in [0.2, 0.25) is 0 Å². The highest BCUT2D eigenvalue weighted by atomic mass is 79.9. The number of Topliss-reactive ketones (excluding diaryl/α,β-unsaturated/α-hetero) is 1. The van der Waals surface area contributed by atoms with Gasteiger partial charge in [0.25, 0.3) is 0 Å². The minimum Gasteiger partial charge on any atom is -0.348 e. The van der Waals surface area contributed by atoms with Crippen LogP contribution < -0.4 is 5.32 Å². The van der Waals surface area contributed by atoms with Crippen LogP contribution in [0.3, 0.4) is 0 Å². The number of carbonyl (C=O) groups excluding carboxylic acids is 3. The molecule has 1 aromatic carbocycles. The number of fused-ring (bicyclic) bond motifs is 1. The van der Waals surface area contributed by atoms with Crippen molar-refractivity contribution in [2.75, 3.05) is 52.9 Å². The van der Waals surface area contributed by atoms with Crippen LogP contribution in [0, 0.1) is 0 Å². The zero-order valence-electron chi connectivity index (χ0n) is 19.6. The summed E-state index contributed by atoms with van der Waals surface area (Å²) < 4.78 is 2.74. The van der Waals surface area contributed by atoms with Crippen molar-refractivity contribution in [1.82, 2.24) is 24.6 Å². The Hall–Kier alpha value is -2.49. The van der Waals surface area contributed by atoms with Crippen LogP contribution in [-0.2, 0) is 16.1 Å². The first-order valence-electron chi connectivity index (χ1n) is 11.8. The molecule has 8 nitrogen and oxygen atoms in total. The van der Waals surface area contributed by atoms with Gasteiger partial charge in [0.05, 0.1) is 6.04 Å². The summed E-state index contributed by atoms with van der Waals surface area (Å²) in [6.07, 6.45) is 4.40. The number of rotatable bonds is 9. The van der Waals surface area contributed by atoms with Crippen molar-refractivity contribution in [3.05, 3.63) is 47.1 Å². The largest absolute Gasteiger partial charge is 0.348 e. The molecule has 2 aliphatic rings. The maximum absolute atomic E-state index is 13.1. The number of likely N-dealkylation sites (tertiary alicyclic amines) is 1. The number of piperazine rings is 1. The van der Waals surface area contributed by atoms with Crippen LogP contribution in [0.25, 0.3) is 10.9 Å². The second-order valence-corrected chi connectivity index (χ2v) is 10.1. The number of likely N-dealkylation sites (N-methyl/N-ethyl adjacent to an activating group) is 1. The summed E-state index contributed by atoms with van der Waals surface area (Å²) in [5.41, 5.74) is 1.52. The molecule has 3 heterocycles. The van der Waals surface area contributed by atoms with Gasteiger partial charge in [0.1, 0.15) is 6.54 Å². The van der Waals surface area contributed by atoms with E-state index in [-0.39, 0.29) is 30.2 Å². The molecule has 2 aliphatic heterocycles. The van der Waals surface area contributed by atoms with Crippen molar-refractivity contribution < 1.29 is 14.4 Å². The van der Waals surface area contributed by atoms with Crippen molar-refractivity contribution >= 4 is 44.4 Å². The number of amides is 2. The summed E-state index contributed by atoms with van der Waals surface area (Å²) in [4.78, 5) is 43.8. The summed E-state index contributed by atoms with van der Waals surface area (Å²) >= 11 is 3.51. The standard InChI is InChI=1S/C25H32BrN5O3/c1-3-25(34)31-14-19(15-31)27-24(33)17-30-16-21(20-13-18(26)6-7-22(20)30)23(32)5-4-8-29-11-9-28(2)10-12-29/h3,6-7,13,16,19H,1,4-5,8-12,14-15,17H2,2H3,(H,27,33). The molecule has 9 heteroatoms. The molecule has 0 bridgehead atoms. The molecule has 2 saturated heterocycles. The third-order valence-corrected chi connectivity index (χ3v) is 7.16. The van der Waals surface area contributed by atoms with Crippen molar-refractivity contribution in [2.24, 2.45) is 0 Å². The van der Waals surface area contributed by atoms with Crippen LogP contribution in [-0.4, -0.2) is 95.8 Å². The lowest BCUT2D eigenvalue weighted by molar-refractivity contribution is -0.133. The minimum atomic E-state index is -0.135. The number of hydrogen-bond donors (Lipinski definition) is 1. The third-order valence-electron chi connectivity index (χ3n) is 6.66. The number of ketones is 1. The second kappa shape index (κ2) is 10.8. The lowest BCUT2D eigenvalue weighted by atomic mass is 10.1. The number of nitrogens with zero attached hydrogens (tertiary/aromatic N) is 4. The van der Waals surface area contributed by atoms with Gasteiger partial charge in [-0.3, -0.25) is 14.4 Å². The van der Waals surface area contributed by atoms with E-state index in [1.807, 2.05) is 29.0 Å².